The molecule has 1 aromatic carbocycles. The van der Waals surface area contributed by atoms with E-state index < -0.39 is 6.10 Å². The van der Waals surface area contributed by atoms with Crippen molar-refractivity contribution in [3.05, 3.63) is 40.6 Å². The zero-order valence-electron chi connectivity index (χ0n) is 12.1. The molecule has 0 aliphatic rings. The number of aromatic nitrogens is 1. The molecule has 0 bridgehead atoms. The molecule has 112 valence electrons. The van der Waals surface area contributed by atoms with Crippen LogP contribution in [0.4, 0.5) is 5.82 Å². The topological polar surface area (TPSA) is 64.4 Å². The first-order valence-corrected chi connectivity index (χ1v) is 7.03. The number of carbonyl (C=O) groups excluding carboxylic acids is 1. The van der Waals surface area contributed by atoms with Crippen LogP contribution in [0.15, 0.2) is 29.0 Å². The highest BCUT2D eigenvalue weighted by Crippen LogP contribution is 2.26. The highest BCUT2D eigenvalue weighted by molar-refractivity contribution is 6.32. The van der Waals surface area contributed by atoms with Crippen LogP contribution in [-0.2, 0) is 4.79 Å². The Hall–Kier alpha value is -2.01. The molecule has 2 rings (SSSR count). The zero-order chi connectivity index (χ0) is 15.4. The van der Waals surface area contributed by atoms with Gasteiger partial charge in [0.15, 0.2) is 11.9 Å². The average Bonchev–Trinajstić information content (AvgIpc) is 2.94. The molecule has 0 unspecified atom stereocenters. The number of amides is 1. The Labute approximate surface area is 128 Å². The van der Waals surface area contributed by atoms with Gasteiger partial charge in [-0.3, -0.25) is 4.79 Å². The molecule has 0 aliphatic carbocycles. The van der Waals surface area contributed by atoms with Gasteiger partial charge in [-0.2, -0.15) is 0 Å². The summed E-state index contributed by atoms with van der Waals surface area (Å²) in [7, 11) is 0. The summed E-state index contributed by atoms with van der Waals surface area (Å²) in [5.74, 6) is 0.721. The molecule has 6 heteroatoms. The number of hydrogen-bond donors (Lipinski definition) is 1. The van der Waals surface area contributed by atoms with E-state index >= 15 is 0 Å². The molecule has 0 saturated heterocycles. The number of hydrogen-bond acceptors (Lipinski definition) is 4. The maximum absolute atomic E-state index is 12.1. The van der Waals surface area contributed by atoms with Gasteiger partial charge in [-0.15, -0.1) is 0 Å². The Bertz CT molecular complexity index is 603. The summed E-state index contributed by atoms with van der Waals surface area (Å²) >= 11 is 6.12. The third-order valence-electron chi connectivity index (χ3n) is 3.04. The molecule has 0 aliphatic heterocycles. The van der Waals surface area contributed by atoms with Gasteiger partial charge in [-0.1, -0.05) is 23.7 Å². The molecule has 2 aromatic rings. The first-order valence-electron chi connectivity index (χ1n) is 6.66. The van der Waals surface area contributed by atoms with E-state index in [1.165, 1.54) is 6.26 Å². The monoisotopic (exact) mass is 308 g/mol. The van der Waals surface area contributed by atoms with Gasteiger partial charge < -0.3 is 14.6 Å². The number of ether oxygens (including phenoxy) is 1. The fraction of sp³-hybridized carbons (Fsp3) is 0.333. The summed E-state index contributed by atoms with van der Waals surface area (Å²) in [5, 5.41) is 6.99. The van der Waals surface area contributed by atoms with Gasteiger partial charge in [0.2, 0.25) is 0 Å². The molecule has 0 fully saturated rings. The second-order valence-electron chi connectivity index (χ2n) is 4.76. The summed E-state index contributed by atoms with van der Waals surface area (Å²) in [6.07, 6.45) is 1.31. The minimum atomic E-state index is -0.610. The van der Waals surface area contributed by atoms with Crippen molar-refractivity contribution >= 4 is 23.3 Å². The minimum absolute atomic E-state index is 0.267. The van der Waals surface area contributed by atoms with Crippen molar-refractivity contribution < 1.29 is 14.1 Å². The molecular formula is C15H17ClN2O3. The number of nitrogens with zero attached hydrogens (tertiary/aromatic N) is 1. The van der Waals surface area contributed by atoms with E-state index in [4.69, 9.17) is 16.3 Å². The summed E-state index contributed by atoms with van der Waals surface area (Å²) in [6, 6.07) is 5.21. The molecule has 0 radical (unpaired) electrons. The van der Waals surface area contributed by atoms with Crippen molar-refractivity contribution in [3.8, 4) is 5.75 Å². The number of aryl methyl sites for hydroxylation is 2. The first-order chi connectivity index (χ1) is 10.0. The molecule has 1 atom stereocenters. The van der Waals surface area contributed by atoms with Crippen LogP contribution in [-0.4, -0.2) is 17.2 Å². The first kappa shape index (κ1) is 15.4. The van der Waals surface area contributed by atoms with Crippen molar-refractivity contribution in [2.24, 2.45) is 0 Å². The third kappa shape index (κ3) is 3.76. The van der Waals surface area contributed by atoms with E-state index in [0.717, 1.165) is 11.1 Å². The smallest absolute Gasteiger partial charge is 0.266 e. The Morgan fingerprint density at radius 1 is 1.43 bits per heavy atom. The van der Waals surface area contributed by atoms with Crippen LogP contribution in [0.2, 0.25) is 5.02 Å². The van der Waals surface area contributed by atoms with Crippen LogP contribution < -0.4 is 10.1 Å². The molecule has 21 heavy (non-hydrogen) atoms. The number of benzene rings is 1. The Balaban J connectivity index is 2.10. The predicted octanol–water partition coefficient (Wildman–Crippen LogP) is 3.74. The Morgan fingerprint density at radius 3 is 2.62 bits per heavy atom. The standard InChI is InChI=1S/C15H17ClN2O3/c1-4-12(15(19)17-13-5-6-20-18-13)21-11-7-9(2)14(16)10(3)8-11/h5-8,12H,4H2,1-3H3,(H,17,18,19)/t12-/m1/s1. The largest absolute Gasteiger partial charge is 0.481 e. The van der Waals surface area contributed by atoms with Gasteiger partial charge in [0.25, 0.3) is 5.91 Å². The van der Waals surface area contributed by atoms with E-state index in [-0.39, 0.29) is 5.91 Å². The van der Waals surface area contributed by atoms with E-state index in [1.807, 2.05) is 32.9 Å². The molecule has 1 N–H and O–H groups in total. The minimum Gasteiger partial charge on any atom is -0.481 e. The fourth-order valence-electron chi connectivity index (χ4n) is 1.94. The lowest BCUT2D eigenvalue weighted by atomic mass is 10.1. The van der Waals surface area contributed by atoms with Crippen LogP contribution in [0, 0.1) is 13.8 Å². The zero-order valence-corrected chi connectivity index (χ0v) is 12.9. The maximum atomic E-state index is 12.1. The SMILES string of the molecule is CC[C@@H](Oc1cc(C)c(Cl)c(C)c1)C(=O)Nc1ccon1. The van der Waals surface area contributed by atoms with Crippen LogP contribution in [0.3, 0.4) is 0 Å². The number of rotatable bonds is 5. The highest BCUT2D eigenvalue weighted by atomic mass is 35.5. The van der Waals surface area contributed by atoms with Crippen LogP contribution in [0.5, 0.6) is 5.75 Å². The van der Waals surface area contributed by atoms with Crippen LogP contribution >= 0.6 is 11.6 Å². The molecule has 5 nitrogen and oxygen atoms in total. The normalized spacial score (nSPS) is 12.0. The van der Waals surface area contributed by atoms with Crippen molar-refractivity contribution in [1.29, 1.82) is 0 Å². The predicted molar refractivity (Wildman–Crippen MR) is 80.8 cm³/mol. The molecule has 1 amide bonds. The van der Waals surface area contributed by atoms with Crippen LogP contribution in [0.1, 0.15) is 24.5 Å². The summed E-state index contributed by atoms with van der Waals surface area (Å²) < 4.78 is 10.4. The molecule has 1 aromatic heterocycles. The van der Waals surface area contributed by atoms with Gasteiger partial charge in [0.05, 0.1) is 0 Å². The highest BCUT2D eigenvalue weighted by Gasteiger charge is 2.20. The van der Waals surface area contributed by atoms with E-state index in [1.54, 1.807) is 6.07 Å². The number of carbonyl (C=O) groups is 1. The van der Waals surface area contributed by atoms with Gasteiger partial charge in [0.1, 0.15) is 12.0 Å². The summed E-state index contributed by atoms with van der Waals surface area (Å²) in [6.45, 7) is 5.68. The van der Waals surface area contributed by atoms with E-state index in [0.29, 0.717) is 23.0 Å². The quantitative estimate of drug-likeness (QED) is 0.914. The average molecular weight is 309 g/mol. The van der Waals surface area contributed by atoms with E-state index in [2.05, 4.69) is 15.0 Å². The molecule has 0 saturated carbocycles. The lowest BCUT2D eigenvalue weighted by Gasteiger charge is -2.17. The van der Waals surface area contributed by atoms with Crippen molar-refractivity contribution in [1.82, 2.24) is 5.16 Å². The van der Waals surface area contributed by atoms with Gasteiger partial charge in [-0.25, -0.2) is 0 Å². The molecule has 0 spiro atoms. The molecule has 1 heterocycles. The van der Waals surface area contributed by atoms with Crippen molar-refractivity contribution in [2.75, 3.05) is 5.32 Å². The van der Waals surface area contributed by atoms with Gasteiger partial charge in [-0.05, 0) is 43.5 Å². The fourth-order valence-corrected chi connectivity index (χ4v) is 2.05. The lowest BCUT2D eigenvalue weighted by molar-refractivity contribution is -0.122. The van der Waals surface area contributed by atoms with Crippen LogP contribution in [0.25, 0.3) is 0 Å². The lowest BCUT2D eigenvalue weighted by Crippen LogP contribution is -2.32. The number of halogens is 1. The Morgan fingerprint density at radius 2 is 2.10 bits per heavy atom. The van der Waals surface area contributed by atoms with Crippen molar-refractivity contribution in [3.63, 3.8) is 0 Å². The third-order valence-corrected chi connectivity index (χ3v) is 3.64. The number of anilines is 1. The number of nitrogens with one attached hydrogen (secondary N) is 1. The molecular weight excluding hydrogens is 292 g/mol. The Kier molecular flexibility index (Phi) is 4.85. The summed E-state index contributed by atoms with van der Waals surface area (Å²) in [4.78, 5) is 12.1. The second-order valence-corrected chi connectivity index (χ2v) is 5.14. The van der Waals surface area contributed by atoms with Crippen molar-refractivity contribution in [2.45, 2.75) is 33.3 Å². The van der Waals surface area contributed by atoms with Gasteiger partial charge >= 0.3 is 0 Å². The summed E-state index contributed by atoms with van der Waals surface area (Å²) in [5.41, 5.74) is 1.83. The van der Waals surface area contributed by atoms with E-state index in [9.17, 15) is 4.79 Å². The maximum Gasteiger partial charge on any atom is 0.266 e. The second kappa shape index (κ2) is 6.63. The van der Waals surface area contributed by atoms with Gasteiger partial charge in [0, 0.05) is 11.1 Å².